The van der Waals surface area contributed by atoms with Crippen LogP contribution in [-0.4, -0.2) is 15.9 Å². The molecule has 0 bridgehead atoms. The first kappa shape index (κ1) is 12.3. The van der Waals surface area contributed by atoms with Gasteiger partial charge in [-0.15, -0.1) is 0 Å². The first-order valence-electron chi connectivity index (χ1n) is 4.52. The third-order valence-corrected chi connectivity index (χ3v) is 2.77. The summed E-state index contributed by atoms with van der Waals surface area (Å²) in [6.07, 6.45) is 3.79. The fraction of sp³-hybridized carbons (Fsp3) is 0.273. The Labute approximate surface area is 98.7 Å². The Morgan fingerprint density at radius 1 is 1.60 bits per heavy atom. The van der Waals surface area contributed by atoms with Crippen LogP contribution in [0.1, 0.15) is 18.2 Å². The minimum absolute atomic E-state index is 0.118. The Morgan fingerprint density at radius 2 is 2.33 bits per heavy atom. The molecule has 4 heteroatoms. The van der Waals surface area contributed by atoms with Gasteiger partial charge in [0.25, 0.3) is 0 Å². The maximum absolute atomic E-state index is 10.7. The second kappa shape index (κ2) is 5.93. The van der Waals surface area contributed by atoms with E-state index >= 15 is 0 Å². The first-order chi connectivity index (χ1) is 7.09. The summed E-state index contributed by atoms with van der Waals surface area (Å²) >= 11 is 7.21. The summed E-state index contributed by atoms with van der Waals surface area (Å²) in [7, 11) is 0. The Kier molecular flexibility index (Phi) is 4.85. The van der Waals surface area contributed by atoms with Crippen molar-refractivity contribution in [2.75, 3.05) is 5.75 Å². The van der Waals surface area contributed by atoms with E-state index in [-0.39, 0.29) is 5.12 Å². The number of rotatable bonds is 3. The number of aryl methyl sites for hydroxylation is 1. The zero-order valence-corrected chi connectivity index (χ0v) is 10.2. The van der Waals surface area contributed by atoms with Crippen molar-refractivity contribution >= 4 is 34.6 Å². The SMILES string of the molecule is CC(=O)SCC=Cc1ccc(C)nc1Cl. The van der Waals surface area contributed by atoms with Crippen molar-refractivity contribution in [1.29, 1.82) is 0 Å². The second-order valence-corrected chi connectivity index (χ2v) is 4.59. The van der Waals surface area contributed by atoms with Crippen LogP contribution in [0.15, 0.2) is 18.2 Å². The molecule has 1 aromatic rings. The molecular weight excluding hydrogens is 230 g/mol. The number of hydrogen-bond acceptors (Lipinski definition) is 3. The van der Waals surface area contributed by atoms with E-state index < -0.39 is 0 Å². The van der Waals surface area contributed by atoms with E-state index in [1.165, 1.54) is 11.8 Å². The van der Waals surface area contributed by atoms with Gasteiger partial charge in [-0.05, 0) is 13.0 Å². The zero-order valence-electron chi connectivity index (χ0n) is 8.66. The van der Waals surface area contributed by atoms with E-state index in [0.29, 0.717) is 10.9 Å². The largest absolute Gasteiger partial charge is 0.288 e. The summed E-state index contributed by atoms with van der Waals surface area (Å²) in [4.78, 5) is 14.8. The number of nitrogens with zero attached hydrogens (tertiary/aromatic N) is 1. The Balaban J connectivity index is 2.60. The Bertz CT molecular complexity index is 390. The number of carbonyl (C=O) groups excluding carboxylic acids is 1. The van der Waals surface area contributed by atoms with Gasteiger partial charge in [-0.3, -0.25) is 4.79 Å². The molecule has 80 valence electrons. The van der Waals surface area contributed by atoms with Crippen LogP contribution in [0.5, 0.6) is 0 Å². The molecule has 0 spiro atoms. The van der Waals surface area contributed by atoms with E-state index in [2.05, 4.69) is 4.98 Å². The fourth-order valence-electron chi connectivity index (χ4n) is 1.00. The molecule has 0 unspecified atom stereocenters. The molecule has 0 saturated heterocycles. The number of pyridine rings is 1. The third kappa shape index (κ3) is 4.49. The topological polar surface area (TPSA) is 30.0 Å². The molecule has 1 rings (SSSR count). The maximum Gasteiger partial charge on any atom is 0.186 e. The van der Waals surface area contributed by atoms with E-state index in [0.717, 1.165) is 11.3 Å². The smallest absolute Gasteiger partial charge is 0.186 e. The van der Waals surface area contributed by atoms with Crippen LogP contribution in [0.2, 0.25) is 5.15 Å². The predicted molar refractivity (Wildman–Crippen MR) is 66.2 cm³/mol. The standard InChI is InChI=1S/C11H12ClNOS/c1-8-5-6-10(11(12)13-8)4-3-7-15-9(2)14/h3-6H,7H2,1-2H3. The first-order valence-corrected chi connectivity index (χ1v) is 5.89. The molecule has 15 heavy (non-hydrogen) atoms. The fourth-order valence-corrected chi connectivity index (χ4v) is 1.69. The highest BCUT2D eigenvalue weighted by atomic mass is 35.5. The lowest BCUT2D eigenvalue weighted by atomic mass is 10.2. The highest BCUT2D eigenvalue weighted by Gasteiger charge is 1.97. The normalized spacial score (nSPS) is 10.9. The second-order valence-electron chi connectivity index (χ2n) is 3.04. The average molecular weight is 242 g/mol. The van der Waals surface area contributed by atoms with Crippen LogP contribution in [0.3, 0.4) is 0 Å². The molecule has 2 nitrogen and oxygen atoms in total. The molecule has 0 aliphatic heterocycles. The highest BCUT2D eigenvalue weighted by molar-refractivity contribution is 8.13. The molecule has 0 N–H and O–H groups in total. The van der Waals surface area contributed by atoms with Crippen LogP contribution in [0, 0.1) is 6.92 Å². The summed E-state index contributed by atoms with van der Waals surface area (Å²) in [5.74, 6) is 0.666. The molecule has 1 aromatic heterocycles. The number of halogens is 1. The maximum atomic E-state index is 10.7. The molecular formula is C11H12ClNOS. The van der Waals surface area contributed by atoms with E-state index in [1.807, 2.05) is 31.2 Å². The summed E-state index contributed by atoms with van der Waals surface area (Å²) in [6.45, 7) is 3.45. The monoisotopic (exact) mass is 241 g/mol. The van der Waals surface area contributed by atoms with Crippen LogP contribution in [0.4, 0.5) is 0 Å². The van der Waals surface area contributed by atoms with Crippen molar-refractivity contribution < 1.29 is 4.79 Å². The summed E-state index contributed by atoms with van der Waals surface area (Å²) < 4.78 is 0. The minimum atomic E-state index is 0.118. The van der Waals surface area contributed by atoms with Gasteiger partial charge in [-0.1, -0.05) is 41.6 Å². The van der Waals surface area contributed by atoms with Crippen molar-refractivity contribution in [2.45, 2.75) is 13.8 Å². The van der Waals surface area contributed by atoms with Gasteiger partial charge in [-0.2, -0.15) is 0 Å². The van der Waals surface area contributed by atoms with Gasteiger partial charge in [0.2, 0.25) is 0 Å². The Hall–Kier alpha value is -0.800. The van der Waals surface area contributed by atoms with Crippen LogP contribution >= 0.6 is 23.4 Å². The molecule has 0 aliphatic carbocycles. The lowest BCUT2D eigenvalue weighted by Crippen LogP contribution is -1.85. The van der Waals surface area contributed by atoms with Crippen LogP contribution < -0.4 is 0 Å². The van der Waals surface area contributed by atoms with E-state index in [1.54, 1.807) is 6.92 Å². The van der Waals surface area contributed by atoms with Crippen LogP contribution in [-0.2, 0) is 4.79 Å². The molecule has 0 aliphatic rings. The minimum Gasteiger partial charge on any atom is -0.288 e. The van der Waals surface area contributed by atoms with Gasteiger partial charge in [-0.25, -0.2) is 4.98 Å². The number of carbonyl (C=O) groups is 1. The number of hydrogen-bond donors (Lipinski definition) is 0. The van der Waals surface area contributed by atoms with Gasteiger partial charge in [0.1, 0.15) is 5.15 Å². The van der Waals surface area contributed by atoms with Gasteiger partial charge < -0.3 is 0 Å². The Morgan fingerprint density at radius 3 is 2.93 bits per heavy atom. The molecule has 0 atom stereocenters. The van der Waals surface area contributed by atoms with E-state index in [9.17, 15) is 4.79 Å². The van der Waals surface area contributed by atoms with Crippen molar-refractivity contribution in [2.24, 2.45) is 0 Å². The van der Waals surface area contributed by atoms with Crippen molar-refractivity contribution in [1.82, 2.24) is 4.98 Å². The molecule has 1 heterocycles. The molecule has 0 saturated carbocycles. The highest BCUT2D eigenvalue weighted by Crippen LogP contribution is 2.15. The number of thioether (sulfide) groups is 1. The zero-order chi connectivity index (χ0) is 11.3. The van der Waals surface area contributed by atoms with Gasteiger partial charge in [0, 0.05) is 23.9 Å². The number of aromatic nitrogens is 1. The quantitative estimate of drug-likeness (QED) is 0.761. The average Bonchev–Trinajstić information content (AvgIpc) is 2.14. The van der Waals surface area contributed by atoms with Crippen molar-refractivity contribution in [3.05, 3.63) is 34.6 Å². The third-order valence-electron chi connectivity index (χ3n) is 1.70. The molecule has 0 amide bonds. The van der Waals surface area contributed by atoms with Gasteiger partial charge >= 0.3 is 0 Å². The lowest BCUT2D eigenvalue weighted by Gasteiger charge is -1.98. The van der Waals surface area contributed by atoms with Crippen molar-refractivity contribution in [3.8, 4) is 0 Å². The molecule has 0 aromatic carbocycles. The summed E-state index contributed by atoms with van der Waals surface area (Å²) in [5.41, 5.74) is 1.78. The van der Waals surface area contributed by atoms with Gasteiger partial charge in [0.15, 0.2) is 5.12 Å². The summed E-state index contributed by atoms with van der Waals surface area (Å²) in [6, 6.07) is 3.82. The summed E-state index contributed by atoms with van der Waals surface area (Å²) in [5, 5.41) is 0.617. The lowest BCUT2D eigenvalue weighted by molar-refractivity contribution is -0.109. The van der Waals surface area contributed by atoms with Crippen LogP contribution in [0.25, 0.3) is 6.08 Å². The predicted octanol–water partition coefficient (Wildman–Crippen LogP) is 3.34. The van der Waals surface area contributed by atoms with Gasteiger partial charge in [0.05, 0.1) is 0 Å². The van der Waals surface area contributed by atoms with E-state index in [4.69, 9.17) is 11.6 Å². The molecule has 0 fully saturated rings. The van der Waals surface area contributed by atoms with Crippen molar-refractivity contribution in [3.63, 3.8) is 0 Å². The molecule has 0 radical (unpaired) electrons.